The first-order chi connectivity index (χ1) is 17.4. The number of methoxy groups -OCH3 is 1. The van der Waals surface area contributed by atoms with Gasteiger partial charge < -0.3 is 14.6 Å². The lowest BCUT2D eigenvalue weighted by atomic mass is 9.69. The van der Waals surface area contributed by atoms with Crippen LogP contribution in [0.4, 0.5) is 0 Å². The van der Waals surface area contributed by atoms with Crippen LogP contribution >= 0.6 is 0 Å². The van der Waals surface area contributed by atoms with Gasteiger partial charge in [0.15, 0.2) is 0 Å². The Morgan fingerprint density at radius 1 is 1.14 bits per heavy atom. The van der Waals surface area contributed by atoms with Gasteiger partial charge in [0.05, 0.1) is 31.2 Å². The van der Waals surface area contributed by atoms with E-state index in [0.717, 1.165) is 41.2 Å². The summed E-state index contributed by atoms with van der Waals surface area (Å²) in [5, 5.41) is 12.1. The molecule has 2 aromatic rings. The number of imide groups is 1. The number of nitrogens with zero attached hydrogens (tertiary/aromatic N) is 1. The predicted octanol–water partition coefficient (Wildman–Crippen LogP) is 5.10. The number of carbonyl (C=O) groups excluding carboxylic acids is 2. The molecule has 0 saturated carbocycles. The Hall–Kier alpha value is -2.96. The molecule has 2 aromatic carbocycles. The highest BCUT2D eigenvalue weighted by molar-refractivity contribution is 6.06. The maximum absolute atomic E-state index is 13.2. The molecule has 4 atom stereocenters. The highest BCUT2D eigenvalue weighted by Gasteiger charge is 2.56. The minimum Gasteiger partial charge on any atom is -0.507 e. The van der Waals surface area contributed by atoms with Crippen molar-refractivity contribution in [1.29, 1.82) is 0 Å². The largest absolute Gasteiger partial charge is 0.507 e. The first kappa shape index (κ1) is 24.7. The van der Waals surface area contributed by atoms with Crippen molar-refractivity contribution in [2.24, 2.45) is 17.8 Å². The fraction of sp³-hybridized carbons (Fsp3) is 0.467. The first-order valence-electron chi connectivity index (χ1n) is 13.0. The number of benzene rings is 2. The van der Waals surface area contributed by atoms with E-state index in [1.165, 1.54) is 16.0 Å². The molecular weight excluding hydrogens is 454 g/mol. The number of rotatable bonds is 8. The van der Waals surface area contributed by atoms with Gasteiger partial charge in [-0.2, -0.15) is 0 Å². The van der Waals surface area contributed by atoms with E-state index in [-0.39, 0.29) is 41.4 Å². The maximum Gasteiger partial charge on any atom is 0.233 e. The third-order valence-electron chi connectivity index (χ3n) is 8.00. The van der Waals surface area contributed by atoms with Crippen molar-refractivity contribution in [1.82, 2.24) is 4.90 Å². The summed E-state index contributed by atoms with van der Waals surface area (Å²) >= 11 is 0. The number of amides is 2. The molecular formula is C30H35NO5. The molecule has 6 heteroatoms. The molecule has 0 radical (unpaired) electrons. The quantitative estimate of drug-likeness (QED) is 0.412. The van der Waals surface area contributed by atoms with E-state index in [1.807, 2.05) is 37.3 Å². The van der Waals surface area contributed by atoms with Gasteiger partial charge in [0.2, 0.25) is 11.8 Å². The van der Waals surface area contributed by atoms with Crippen molar-refractivity contribution in [3.63, 3.8) is 0 Å². The second-order valence-electron chi connectivity index (χ2n) is 10.3. The summed E-state index contributed by atoms with van der Waals surface area (Å²) in [5.74, 6) is -0.383. The third kappa shape index (κ3) is 4.27. The van der Waals surface area contributed by atoms with Crippen molar-refractivity contribution in [3.05, 3.63) is 58.7 Å². The molecule has 0 unspecified atom stereocenters. The first-order valence-corrected chi connectivity index (χ1v) is 13.0. The number of ether oxygens (including phenoxy) is 2. The van der Waals surface area contributed by atoms with Crippen molar-refractivity contribution in [2.45, 2.75) is 45.6 Å². The molecule has 1 aliphatic carbocycles. The fourth-order valence-electron chi connectivity index (χ4n) is 6.42. The van der Waals surface area contributed by atoms with Crippen molar-refractivity contribution < 1.29 is 24.2 Å². The molecule has 2 heterocycles. The zero-order chi connectivity index (χ0) is 25.4. The molecule has 0 aromatic heterocycles. The monoisotopic (exact) mass is 489 g/mol. The topological polar surface area (TPSA) is 76.1 Å². The zero-order valence-corrected chi connectivity index (χ0v) is 21.3. The average molecular weight is 490 g/mol. The zero-order valence-electron chi connectivity index (χ0n) is 21.3. The second-order valence-corrected chi connectivity index (χ2v) is 10.3. The maximum atomic E-state index is 13.2. The van der Waals surface area contributed by atoms with Crippen LogP contribution in [0, 0.1) is 17.8 Å². The Morgan fingerprint density at radius 2 is 1.92 bits per heavy atom. The number of phenolic OH excluding ortho intramolecular Hbond substituents is 1. The Bertz CT molecular complexity index is 1250. The van der Waals surface area contributed by atoms with Crippen LogP contribution < -0.4 is 0 Å². The summed E-state index contributed by atoms with van der Waals surface area (Å²) in [4.78, 5) is 27.7. The van der Waals surface area contributed by atoms with Gasteiger partial charge in [-0.3, -0.25) is 14.5 Å². The van der Waals surface area contributed by atoms with Crippen molar-refractivity contribution in [3.8, 4) is 5.75 Å². The minimum atomic E-state index is -0.301. The number of phenols is 1. The smallest absolute Gasteiger partial charge is 0.233 e. The van der Waals surface area contributed by atoms with Gasteiger partial charge in [-0.1, -0.05) is 48.9 Å². The average Bonchev–Trinajstić information content (AvgIpc) is 3.40. The second kappa shape index (κ2) is 10.2. The summed E-state index contributed by atoms with van der Waals surface area (Å²) in [6.45, 7) is 5.56. The van der Waals surface area contributed by atoms with Gasteiger partial charge >= 0.3 is 0 Å². The number of aromatic hydroxyl groups is 1. The summed E-state index contributed by atoms with van der Waals surface area (Å²) in [7, 11) is 1.68. The standard InChI is InChI=1S/C30H35NO5/c1-4-13-31-29(33)23-15-20(16-35-3)27-24(28(23)30(31)34)17-36-26(27)12-9-18(2)14-19-10-11-25(32)22-8-6-5-7-21(19)22/h5-8,10-11,14,23-24,26,28,32H,4,9,12-13,15-17H2,1-3H3/b18-14+/t23-,24+,26-,28-/m1/s1. The molecule has 0 spiro atoms. The van der Waals surface area contributed by atoms with E-state index in [2.05, 4.69) is 13.0 Å². The third-order valence-corrected chi connectivity index (χ3v) is 8.00. The van der Waals surface area contributed by atoms with Crippen molar-refractivity contribution in [2.75, 3.05) is 26.9 Å². The van der Waals surface area contributed by atoms with E-state index in [1.54, 1.807) is 13.2 Å². The minimum absolute atomic E-state index is 0.0228. The number of fused-ring (bicyclic) bond motifs is 4. The van der Waals surface area contributed by atoms with Gasteiger partial charge in [-0.25, -0.2) is 0 Å². The van der Waals surface area contributed by atoms with Crippen LogP contribution in [0.3, 0.4) is 0 Å². The van der Waals surface area contributed by atoms with Crippen LogP contribution in [-0.4, -0.2) is 54.8 Å². The summed E-state index contributed by atoms with van der Waals surface area (Å²) in [6, 6.07) is 11.6. The van der Waals surface area contributed by atoms with Crippen LogP contribution in [0.5, 0.6) is 5.75 Å². The van der Waals surface area contributed by atoms with Crippen LogP contribution in [0.25, 0.3) is 16.8 Å². The summed E-state index contributed by atoms with van der Waals surface area (Å²) in [5.41, 5.74) is 4.64. The van der Waals surface area contributed by atoms with Gasteiger partial charge in [-0.05, 0) is 60.8 Å². The van der Waals surface area contributed by atoms with Gasteiger partial charge in [0.25, 0.3) is 0 Å². The normalized spacial score (nSPS) is 26.2. The van der Waals surface area contributed by atoms with Crippen LogP contribution in [-0.2, 0) is 19.1 Å². The molecule has 2 fully saturated rings. The molecule has 2 aliphatic heterocycles. The molecule has 3 aliphatic rings. The van der Waals surface area contributed by atoms with E-state index in [0.29, 0.717) is 26.2 Å². The number of likely N-dealkylation sites (tertiary alicyclic amines) is 1. The van der Waals surface area contributed by atoms with Gasteiger partial charge in [0, 0.05) is 25.0 Å². The van der Waals surface area contributed by atoms with Crippen LogP contribution in [0.2, 0.25) is 0 Å². The molecule has 36 heavy (non-hydrogen) atoms. The lowest BCUT2D eigenvalue weighted by Gasteiger charge is -2.31. The molecule has 5 rings (SSSR count). The van der Waals surface area contributed by atoms with E-state index >= 15 is 0 Å². The number of carbonyl (C=O) groups is 2. The predicted molar refractivity (Wildman–Crippen MR) is 139 cm³/mol. The van der Waals surface area contributed by atoms with Gasteiger partial charge in [0.1, 0.15) is 5.75 Å². The Kier molecular flexibility index (Phi) is 7.00. The number of allylic oxidation sites excluding steroid dienone is 1. The molecule has 190 valence electrons. The van der Waals surface area contributed by atoms with Crippen LogP contribution in [0.1, 0.15) is 45.1 Å². The van der Waals surface area contributed by atoms with E-state index in [4.69, 9.17) is 9.47 Å². The highest BCUT2D eigenvalue weighted by atomic mass is 16.5. The highest BCUT2D eigenvalue weighted by Crippen LogP contribution is 2.49. The van der Waals surface area contributed by atoms with Crippen molar-refractivity contribution >= 4 is 28.7 Å². The van der Waals surface area contributed by atoms with E-state index in [9.17, 15) is 14.7 Å². The van der Waals surface area contributed by atoms with Crippen LogP contribution in [0.15, 0.2) is 53.1 Å². The molecule has 2 amide bonds. The molecule has 6 nitrogen and oxygen atoms in total. The Balaban J connectivity index is 1.36. The van der Waals surface area contributed by atoms with E-state index < -0.39 is 0 Å². The number of hydrogen-bond acceptors (Lipinski definition) is 5. The lowest BCUT2D eigenvalue weighted by molar-refractivity contribution is -0.140. The molecule has 0 bridgehead atoms. The fourth-order valence-corrected chi connectivity index (χ4v) is 6.42. The summed E-state index contributed by atoms with van der Waals surface area (Å²) in [6.07, 6.45) is 5.13. The Morgan fingerprint density at radius 3 is 2.67 bits per heavy atom. The summed E-state index contributed by atoms with van der Waals surface area (Å²) < 4.78 is 11.8. The SMILES string of the molecule is CCCN1C(=O)[C@@H]2[C@@H](CC(COC)=C3[C@@H](CC/C(C)=C/c4ccc(O)c5ccccc45)OC[C@@H]32)C1=O. The molecule has 1 N–H and O–H groups in total. The number of hydrogen-bond donors (Lipinski definition) is 1. The van der Waals surface area contributed by atoms with Gasteiger partial charge in [-0.15, -0.1) is 0 Å². The Labute approximate surface area is 212 Å². The lowest BCUT2D eigenvalue weighted by Crippen LogP contribution is -2.35. The molecule has 2 saturated heterocycles.